The number of benzene rings is 1. The van der Waals surface area contributed by atoms with Crippen molar-refractivity contribution >= 4 is 5.91 Å². The molecule has 0 saturated heterocycles. The van der Waals surface area contributed by atoms with E-state index in [0.717, 1.165) is 0 Å². The summed E-state index contributed by atoms with van der Waals surface area (Å²) in [6, 6.07) is 5.53. The van der Waals surface area contributed by atoms with E-state index in [-0.39, 0.29) is 11.7 Å². The van der Waals surface area contributed by atoms with Crippen LogP contribution in [-0.2, 0) is 9.53 Å². The molecule has 1 rings (SSSR count). The van der Waals surface area contributed by atoms with Gasteiger partial charge in [-0.15, -0.1) is 0 Å². The second-order valence-corrected chi connectivity index (χ2v) is 3.50. The first kappa shape index (κ1) is 13.4. The largest absolute Gasteiger partial charge is 0.481 e. The molecule has 0 aliphatic heterocycles. The SMILES string of the molecule is COCCNC(=O)[C@@H](C)Oc1ccc(F)cc1. The maximum atomic E-state index is 12.6. The molecule has 1 N–H and O–H groups in total. The number of amides is 1. The van der Waals surface area contributed by atoms with Crippen LogP contribution in [0.2, 0.25) is 0 Å². The Morgan fingerprint density at radius 3 is 2.65 bits per heavy atom. The van der Waals surface area contributed by atoms with Crippen LogP contribution in [0.4, 0.5) is 4.39 Å². The first-order chi connectivity index (χ1) is 8.13. The van der Waals surface area contributed by atoms with Gasteiger partial charge in [-0.05, 0) is 31.2 Å². The summed E-state index contributed by atoms with van der Waals surface area (Å²) in [5.41, 5.74) is 0. The van der Waals surface area contributed by atoms with Crippen molar-refractivity contribution in [3.8, 4) is 5.75 Å². The molecular weight excluding hydrogens is 225 g/mol. The fourth-order valence-electron chi connectivity index (χ4n) is 1.19. The molecule has 0 aromatic heterocycles. The number of hydrogen-bond donors (Lipinski definition) is 1. The molecule has 0 radical (unpaired) electrons. The second kappa shape index (κ2) is 6.85. The molecule has 0 heterocycles. The lowest BCUT2D eigenvalue weighted by atomic mass is 10.3. The molecule has 1 aromatic rings. The third-order valence-corrected chi connectivity index (χ3v) is 2.10. The van der Waals surface area contributed by atoms with Crippen LogP contribution >= 0.6 is 0 Å². The summed E-state index contributed by atoms with van der Waals surface area (Å²) in [6.45, 7) is 2.52. The van der Waals surface area contributed by atoms with E-state index in [2.05, 4.69) is 5.32 Å². The van der Waals surface area contributed by atoms with Gasteiger partial charge in [0, 0.05) is 13.7 Å². The molecule has 0 unspecified atom stereocenters. The fourth-order valence-corrected chi connectivity index (χ4v) is 1.19. The van der Waals surface area contributed by atoms with Crippen LogP contribution in [0, 0.1) is 5.82 Å². The van der Waals surface area contributed by atoms with Crippen molar-refractivity contribution in [2.75, 3.05) is 20.3 Å². The third-order valence-electron chi connectivity index (χ3n) is 2.10. The maximum Gasteiger partial charge on any atom is 0.260 e. The molecule has 0 spiro atoms. The van der Waals surface area contributed by atoms with Crippen LogP contribution in [0.1, 0.15) is 6.92 Å². The van der Waals surface area contributed by atoms with Gasteiger partial charge in [-0.25, -0.2) is 4.39 Å². The minimum atomic E-state index is -0.627. The lowest BCUT2D eigenvalue weighted by Gasteiger charge is -2.14. The van der Waals surface area contributed by atoms with Gasteiger partial charge in [0.25, 0.3) is 5.91 Å². The highest BCUT2D eigenvalue weighted by atomic mass is 19.1. The van der Waals surface area contributed by atoms with E-state index in [4.69, 9.17) is 9.47 Å². The van der Waals surface area contributed by atoms with Crippen LogP contribution in [0.5, 0.6) is 5.75 Å². The van der Waals surface area contributed by atoms with Crippen molar-refractivity contribution in [3.05, 3.63) is 30.1 Å². The minimum absolute atomic E-state index is 0.230. The third kappa shape index (κ3) is 4.82. The van der Waals surface area contributed by atoms with E-state index in [9.17, 15) is 9.18 Å². The summed E-state index contributed by atoms with van der Waals surface area (Å²) in [4.78, 5) is 11.5. The highest BCUT2D eigenvalue weighted by molar-refractivity contribution is 5.80. The van der Waals surface area contributed by atoms with Crippen molar-refractivity contribution in [1.29, 1.82) is 0 Å². The Morgan fingerprint density at radius 2 is 2.06 bits per heavy atom. The molecule has 17 heavy (non-hydrogen) atoms. The first-order valence-electron chi connectivity index (χ1n) is 5.32. The molecule has 4 nitrogen and oxygen atoms in total. The molecule has 1 amide bonds. The minimum Gasteiger partial charge on any atom is -0.481 e. The smallest absolute Gasteiger partial charge is 0.260 e. The normalized spacial score (nSPS) is 11.9. The number of carbonyl (C=O) groups excluding carboxylic acids is 1. The number of rotatable bonds is 6. The van der Waals surface area contributed by atoms with Crippen LogP contribution in [0.15, 0.2) is 24.3 Å². The summed E-state index contributed by atoms with van der Waals surface area (Å²) in [6.07, 6.45) is -0.627. The summed E-state index contributed by atoms with van der Waals surface area (Å²) in [5.74, 6) is -0.110. The van der Waals surface area contributed by atoms with Crippen molar-refractivity contribution in [1.82, 2.24) is 5.32 Å². The average molecular weight is 241 g/mol. The topological polar surface area (TPSA) is 47.6 Å². The Kier molecular flexibility index (Phi) is 5.42. The van der Waals surface area contributed by atoms with Crippen molar-refractivity contribution in [2.24, 2.45) is 0 Å². The van der Waals surface area contributed by atoms with Gasteiger partial charge in [0.2, 0.25) is 0 Å². The zero-order chi connectivity index (χ0) is 12.7. The van der Waals surface area contributed by atoms with E-state index >= 15 is 0 Å². The monoisotopic (exact) mass is 241 g/mol. The number of methoxy groups -OCH3 is 1. The summed E-state index contributed by atoms with van der Waals surface area (Å²) >= 11 is 0. The average Bonchev–Trinajstić information content (AvgIpc) is 2.32. The molecular formula is C12H16FNO3. The van der Waals surface area contributed by atoms with E-state index in [1.165, 1.54) is 24.3 Å². The van der Waals surface area contributed by atoms with Gasteiger partial charge in [-0.1, -0.05) is 0 Å². The number of nitrogens with one attached hydrogen (secondary N) is 1. The molecule has 0 fully saturated rings. The zero-order valence-electron chi connectivity index (χ0n) is 9.90. The van der Waals surface area contributed by atoms with Gasteiger partial charge >= 0.3 is 0 Å². The van der Waals surface area contributed by atoms with Gasteiger partial charge in [0.15, 0.2) is 6.10 Å². The molecule has 0 bridgehead atoms. The van der Waals surface area contributed by atoms with Gasteiger partial charge in [-0.2, -0.15) is 0 Å². The standard InChI is InChI=1S/C12H16FNO3/c1-9(12(15)14-7-8-16-2)17-11-5-3-10(13)4-6-11/h3-6,9H,7-8H2,1-2H3,(H,14,15)/t9-/m1/s1. The summed E-state index contributed by atoms with van der Waals surface area (Å²) < 4.78 is 22.8. The van der Waals surface area contributed by atoms with E-state index in [1.54, 1.807) is 14.0 Å². The van der Waals surface area contributed by atoms with Gasteiger partial charge < -0.3 is 14.8 Å². The lowest BCUT2D eigenvalue weighted by Crippen LogP contribution is -2.37. The van der Waals surface area contributed by atoms with Crippen molar-refractivity contribution < 1.29 is 18.7 Å². The van der Waals surface area contributed by atoms with Crippen LogP contribution in [0.25, 0.3) is 0 Å². The van der Waals surface area contributed by atoms with Crippen molar-refractivity contribution in [2.45, 2.75) is 13.0 Å². The van der Waals surface area contributed by atoms with Gasteiger partial charge in [-0.3, -0.25) is 4.79 Å². The van der Waals surface area contributed by atoms with E-state index in [1.807, 2.05) is 0 Å². The first-order valence-corrected chi connectivity index (χ1v) is 5.32. The molecule has 0 saturated carbocycles. The Morgan fingerprint density at radius 1 is 1.41 bits per heavy atom. The highest BCUT2D eigenvalue weighted by Crippen LogP contribution is 2.12. The fraction of sp³-hybridized carbons (Fsp3) is 0.417. The van der Waals surface area contributed by atoms with E-state index < -0.39 is 6.10 Å². The number of hydrogen-bond acceptors (Lipinski definition) is 3. The van der Waals surface area contributed by atoms with Crippen LogP contribution < -0.4 is 10.1 Å². The highest BCUT2D eigenvalue weighted by Gasteiger charge is 2.13. The number of carbonyl (C=O) groups is 1. The van der Waals surface area contributed by atoms with E-state index in [0.29, 0.717) is 18.9 Å². The van der Waals surface area contributed by atoms with Gasteiger partial charge in [0.05, 0.1) is 6.61 Å². The Bertz CT molecular complexity index is 353. The molecule has 0 aliphatic rings. The zero-order valence-corrected chi connectivity index (χ0v) is 9.90. The maximum absolute atomic E-state index is 12.6. The Balaban J connectivity index is 2.40. The predicted molar refractivity (Wildman–Crippen MR) is 61.4 cm³/mol. The summed E-state index contributed by atoms with van der Waals surface area (Å²) in [5, 5.41) is 2.65. The van der Waals surface area contributed by atoms with Crippen LogP contribution in [-0.4, -0.2) is 32.3 Å². The molecule has 5 heteroatoms. The molecule has 1 atom stereocenters. The molecule has 0 aliphatic carbocycles. The Labute approximate surface area is 99.7 Å². The van der Waals surface area contributed by atoms with Crippen molar-refractivity contribution in [3.63, 3.8) is 0 Å². The quantitative estimate of drug-likeness (QED) is 0.765. The summed E-state index contributed by atoms with van der Waals surface area (Å²) in [7, 11) is 1.56. The van der Waals surface area contributed by atoms with Crippen LogP contribution in [0.3, 0.4) is 0 Å². The predicted octanol–water partition coefficient (Wildman–Crippen LogP) is 1.36. The second-order valence-electron chi connectivity index (χ2n) is 3.50. The molecule has 1 aromatic carbocycles. The molecule has 94 valence electrons. The number of halogens is 1. The Hall–Kier alpha value is -1.62. The lowest BCUT2D eigenvalue weighted by molar-refractivity contribution is -0.127. The number of ether oxygens (including phenoxy) is 2. The van der Waals surface area contributed by atoms with Gasteiger partial charge in [0.1, 0.15) is 11.6 Å².